The molecule has 2 aromatic heterocycles. The predicted molar refractivity (Wildman–Crippen MR) is 197 cm³/mol. The first kappa shape index (κ1) is 36.3. The van der Waals surface area contributed by atoms with Gasteiger partial charge >= 0.3 is 6.03 Å². The maximum absolute atomic E-state index is 15.6. The van der Waals surface area contributed by atoms with Crippen LogP contribution in [0.25, 0.3) is 21.8 Å². The van der Waals surface area contributed by atoms with E-state index in [1.54, 1.807) is 17.8 Å². The van der Waals surface area contributed by atoms with Crippen LogP contribution in [0.3, 0.4) is 0 Å². The standard InChI is InChI=1S/C38H46F2N8O6/c1-45-31-19-32(28(39)18-27(31)36(44-45)48-13-6-34(49)43-38(48)51)47-11-4-23(5-12-47)20-46-9-2-24(3-10-46)21-53-26-16-29(40)35-30(17-26)41-33(42-37(35)50)22-54-25-7-14-52-15-8-25/h16-19,23-25H,2-15,20-22H2,1H3,(H,41,42,50)(H,43,49,51). The Morgan fingerprint density at radius 1 is 0.907 bits per heavy atom. The summed E-state index contributed by atoms with van der Waals surface area (Å²) >= 11 is 0. The number of imide groups is 1. The molecule has 0 radical (unpaired) electrons. The van der Waals surface area contributed by atoms with Crippen molar-refractivity contribution in [1.29, 1.82) is 0 Å². The van der Waals surface area contributed by atoms with Crippen LogP contribution in [0.2, 0.25) is 0 Å². The van der Waals surface area contributed by atoms with E-state index in [0.717, 1.165) is 76.8 Å². The van der Waals surface area contributed by atoms with Crippen LogP contribution in [0.4, 0.5) is 25.1 Å². The number of benzene rings is 2. The lowest BCUT2D eigenvalue weighted by Gasteiger charge is -2.38. The normalized spacial score (nSPS) is 20.0. The van der Waals surface area contributed by atoms with Gasteiger partial charge in [0.2, 0.25) is 5.91 Å². The van der Waals surface area contributed by atoms with E-state index in [4.69, 9.17) is 14.2 Å². The summed E-state index contributed by atoms with van der Waals surface area (Å²) in [7, 11) is 1.77. The van der Waals surface area contributed by atoms with Gasteiger partial charge in [0.25, 0.3) is 5.56 Å². The second-order valence-electron chi connectivity index (χ2n) is 14.9. The molecule has 4 saturated heterocycles. The average molecular weight is 749 g/mol. The van der Waals surface area contributed by atoms with E-state index < -0.39 is 17.4 Å². The van der Waals surface area contributed by atoms with Gasteiger partial charge in [0, 0.05) is 70.4 Å². The number of amides is 3. The first-order valence-corrected chi connectivity index (χ1v) is 19.0. The van der Waals surface area contributed by atoms with E-state index in [-0.39, 0.29) is 48.3 Å². The highest BCUT2D eigenvalue weighted by Crippen LogP contribution is 2.35. The summed E-state index contributed by atoms with van der Waals surface area (Å²) in [6, 6.07) is 5.60. The van der Waals surface area contributed by atoms with Crippen molar-refractivity contribution in [1.82, 2.24) is 30.0 Å². The van der Waals surface area contributed by atoms with Crippen LogP contribution in [0, 0.1) is 23.5 Å². The first-order chi connectivity index (χ1) is 26.2. The molecule has 4 fully saturated rings. The van der Waals surface area contributed by atoms with Crippen molar-refractivity contribution in [2.75, 3.05) is 68.9 Å². The third-order valence-corrected chi connectivity index (χ3v) is 11.3. The van der Waals surface area contributed by atoms with Crippen molar-refractivity contribution in [3.05, 3.63) is 52.1 Å². The molecule has 14 nitrogen and oxygen atoms in total. The number of piperidine rings is 2. The number of hydrogen-bond donors (Lipinski definition) is 2. The molecule has 288 valence electrons. The number of rotatable bonds is 10. The molecule has 2 N–H and O–H groups in total. The Bertz CT molecular complexity index is 2090. The zero-order chi connectivity index (χ0) is 37.3. The molecule has 0 unspecified atom stereocenters. The van der Waals surface area contributed by atoms with Crippen LogP contribution in [0.15, 0.2) is 29.1 Å². The number of nitrogens with zero attached hydrogens (tertiary/aromatic N) is 6. The highest BCUT2D eigenvalue weighted by atomic mass is 19.1. The molecule has 0 saturated carbocycles. The summed E-state index contributed by atoms with van der Waals surface area (Å²) in [6.07, 6.45) is 5.62. The van der Waals surface area contributed by atoms with Crippen molar-refractivity contribution in [3.63, 3.8) is 0 Å². The molecular formula is C38H46F2N8O6. The molecule has 0 spiro atoms. The number of aromatic nitrogens is 4. The molecule has 8 rings (SSSR count). The van der Waals surface area contributed by atoms with Crippen molar-refractivity contribution in [2.24, 2.45) is 18.9 Å². The number of urea groups is 1. The summed E-state index contributed by atoms with van der Waals surface area (Å²) in [5.74, 6) is 0.540. The van der Waals surface area contributed by atoms with E-state index >= 15 is 8.78 Å². The molecule has 0 atom stereocenters. The Morgan fingerprint density at radius 3 is 2.43 bits per heavy atom. The summed E-state index contributed by atoms with van der Waals surface area (Å²) in [6.45, 7) is 6.45. The zero-order valence-corrected chi connectivity index (χ0v) is 30.5. The number of fused-ring (bicyclic) bond motifs is 2. The van der Waals surface area contributed by atoms with Crippen molar-refractivity contribution < 1.29 is 32.6 Å². The van der Waals surface area contributed by atoms with Gasteiger partial charge in [-0.25, -0.2) is 18.6 Å². The van der Waals surface area contributed by atoms with Crippen LogP contribution in [-0.2, 0) is 27.9 Å². The largest absolute Gasteiger partial charge is 0.493 e. The fourth-order valence-corrected chi connectivity index (χ4v) is 8.17. The Balaban J connectivity index is 0.811. The summed E-state index contributed by atoms with van der Waals surface area (Å²) in [5, 5.41) is 7.25. The SMILES string of the molecule is Cn1nc(N2CCC(=O)NC2=O)c2cc(F)c(N3CCC(CN4CCC(COc5cc(F)c6c(=O)[nH]c(COC7CCOCC7)nc6c5)CC4)CC3)cc21. The van der Waals surface area contributed by atoms with Crippen molar-refractivity contribution in [3.8, 4) is 5.75 Å². The molecule has 0 bridgehead atoms. The Labute approximate surface area is 310 Å². The minimum Gasteiger partial charge on any atom is -0.493 e. The van der Waals surface area contributed by atoms with E-state index in [1.165, 1.54) is 17.0 Å². The second kappa shape index (κ2) is 15.6. The van der Waals surface area contributed by atoms with Gasteiger partial charge in [-0.2, -0.15) is 5.10 Å². The maximum atomic E-state index is 15.6. The van der Waals surface area contributed by atoms with Crippen LogP contribution in [-0.4, -0.2) is 102 Å². The van der Waals surface area contributed by atoms with Crippen LogP contribution < -0.4 is 25.4 Å². The summed E-state index contributed by atoms with van der Waals surface area (Å²) < 4.78 is 49.6. The molecule has 4 aliphatic rings. The molecular weight excluding hydrogens is 702 g/mol. The van der Waals surface area contributed by atoms with Crippen LogP contribution >= 0.6 is 0 Å². The molecule has 6 heterocycles. The number of carbonyl (C=O) groups excluding carboxylic acids is 2. The minimum atomic E-state index is -0.661. The number of carbonyl (C=O) groups is 2. The minimum absolute atomic E-state index is 0.0428. The highest BCUT2D eigenvalue weighted by Gasteiger charge is 2.30. The Morgan fingerprint density at radius 2 is 1.67 bits per heavy atom. The summed E-state index contributed by atoms with van der Waals surface area (Å²) in [5.41, 5.74) is 0.964. The van der Waals surface area contributed by atoms with Gasteiger partial charge in [-0.3, -0.25) is 24.5 Å². The number of ether oxygens (including phenoxy) is 3. The predicted octanol–water partition coefficient (Wildman–Crippen LogP) is 4.24. The Hall–Kier alpha value is -4.67. The number of nitrogens with one attached hydrogen (secondary N) is 2. The highest BCUT2D eigenvalue weighted by molar-refractivity contribution is 6.09. The van der Waals surface area contributed by atoms with Gasteiger partial charge in [-0.05, 0) is 75.6 Å². The molecule has 0 aliphatic carbocycles. The van der Waals surface area contributed by atoms with Gasteiger partial charge in [0.15, 0.2) is 5.82 Å². The van der Waals surface area contributed by atoms with E-state index in [2.05, 4.69) is 30.2 Å². The number of aromatic amines is 1. The molecule has 54 heavy (non-hydrogen) atoms. The number of likely N-dealkylation sites (tertiary alicyclic amines) is 1. The quantitative estimate of drug-likeness (QED) is 0.242. The fourth-order valence-electron chi connectivity index (χ4n) is 8.17. The number of anilines is 2. The fraction of sp³-hybridized carbons (Fsp3) is 0.553. The monoisotopic (exact) mass is 748 g/mol. The van der Waals surface area contributed by atoms with E-state index in [0.29, 0.717) is 60.1 Å². The lowest BCUT2D eigenvalue weighted by atomic mass is 9.93. The third kappa shape index (κ3) is 7.77. The maximum Gasteiger partial charge on any atom is 0.329 e. The molecule has 16 heteroatoms. The molecule has 4 aromatic rings. The van der Waals surface area contributed by atoms with Crippen molar-refractivity contribution >= 4 is 45.2 Å². The van der Waals surface area contributed by atoms with Gasteiger partial charge in [0.05, 0.1) is 29.4 Å². The van der Waals surface area contributed by atoms with Gasteiger partial charge in [-0.15, -0.1) is 0 Å². The van der Waals surface area contributed by atoms with Crippen LogP contribution in [0.5, 0.6) is 5.75 Å². The average Bonchev–Trinajstić information content (AvgIpc) is 3.48. The van der Waals surface area contributed by atoms with E-state index in [1.807, 2.05) is 6.07 Å². The molecule has 4 aliphatic heterocycles. The van der Waals surface area contributed by atoms with Gasteiger partial charge in [0.1, 0.15) is 35.2 Å². The Kier molecular flexibility index (Phi) is 10.5. The third-order valence-electron chi connectivity index (χ3n) is 11.3. The summed E-state index contributed by atoms with van der Waals surface area (Å²) in [4.78, 5) is 49.9. The first-order valence-electron chi connectivity index (χ1n) is 19.0. The smallest absolute Gasteiger partial charge is 0.329 e. The lowest BCUT2D eigenvalue weighted by Crippen LogP contribution is -2.49. The molecule has 2 aromatic carbocycles. The second-order valence-corrected chi connectivity index (χ2v) is 14.9. The van der Waals surface area contributed by atoms with E-state index in [9.17, 15) is 14.4 Å². The van der Waals surface area contributed by atoms with Gasteiger partial charge < -0.3 is 29.0 Å². The number of halogens is 2. The number of aryl methyl sites for hydroxylation is 1. The topological polar surface area (TPSA) is 147 Å². The lowest BCUT2D eigenvalue weighted by molar-refractivity contribution is -0.120. The van der Waals surface area contributed by atoms with Crippen molar-refractivity contribution in [2.45, 2.75) is 57.7 Å². The van der Waals surface area contributed by atoms with Crippen LogP contribution in [0.1, 0.15) is 50.8 Å². The number of H-pyrrole nitrogens is 1. The zero-order valence-electron chi connectivity index (χ0n) is 30.5. The number of hydrogen-bond acceptors (Lipinski definition) is 10. The molecule has 3 amide bonds. The van der Waals surface area contributed by atoms with Gasteiger partial charge in [-0.1, -0.05) is 0 Å².